The standard InChI is InChI=1S/C37H41F6N3O/c1-34-14-12-28(47)19-23(34)8-9-29-30-10-11-32(35(30,2)15-13-31(29)34)33-22(21-46(45-33)27-6-4-3-5-7-27)20-44-26-17-24(36(38,39)40)16-25(18-26)37(41,42)43/h3-8,16-18,21,28-32,44,47H,9-15,19-20H2,1-2H3/t28-,29?,30?,31?,32+,34-,35-/m0/s1. The molecule has 4 aliphatic rings. The van der Waals surface area contributed by atoms with Crippen molar-refractivity contribution >= 4 is 5.69 Å². The molecule has 0 aliphatic heterocycles. The summed E-state index contributed by atoms with van der Waals surface area (Å²) < 4.78 is 83.3. The van der Waals surface area contributed by atoms with Crippen LogP contribution in [0.4, 0.5) is 32.0 Å². The quantitative estimate of drug-likeness (QED) is 0.212. The Labute approximate surface area is 271 Å². The first-order chi connectivity index (χ1) is 22.2. The fourth-order valence-corrected chi connectivity index (χ4v) is 9.91. The Morgan fingerprint density at radius 3 is 2.28 bits per heavy atom. The lowest BCUT2D eigenvalue weighted by Crippen LogP contribution is -2.50. The Morgan fingerprint density at radius 2 is 1.60 bits per heavy atom. The van der Waals surface area contributed by atoms with E-state index in [9.17, 15) is 31.4 Å². The van der Waals surface area contributed by atoms with Crippen molar-refractivity contribution in [1.29, 1.82) is 0 Å². The van der Waals surface area contributed by atoms with Gasteiger partial charge in [0.15, 0.2) is 0 Å². The van der Waals surface area contributed by atoms with Crippen molar-refractivity contribution in [2.75, 3.05) is 5.32 Å². The van der Waals surface area contributed by atoms with Crippen molar-refractivity contribution in [2.45, 2.75) is 96.1 Å². The third-order valence-corrected chi connectivity index (χ3v) is 12.3. The van der Waals surface area contributed by atoms with E-state index >= 15 is 0 Å². The molecule has 3 aromatic rings. The lowest BCUT2D eigenvalue weighted by Gasteiger charge is -2.58. The van der Waals surface area contributed by atoms with Gasteiger partial charge in [-0.25, -0.2) is 4.68 Å². The number of hydrogen-bond acceptors (Lipinski definition) is 3. The fraction of sp³-hybridized carbons (Fsp3) is 0.541. The number of para-hydroxylation sites is 1. The van der Waals surface area contributed by atoms with E-state index in [1.807, 2.05) is 36.5 Å². The van der Waals surface area contributed by atoms with Crippen molar-refractivity contribution in [2.24, 2.45) is 28.6 Å². The van der Waals surface area contributed by atoms with Crippen molar-refractivity contribution in [3.63, 3.8) is 0 Å². The molecule has 0 amide bonds. The average Bonchev–Trinajstić information content (AvgIpc) is 3.60. The van der Waals surface area contributed by atoms with Gasteiger partial charge < -0.3 is 10.4 Å². The number of hydrogen-bond donors (Lipinski definition) is 2. The predicted octanol–water partition coefficient (Wildman–Crippen LogP) is 9.93. The van der Waals surface area contributed by atoms with E-state index in [1.165, 1.54) is 5.57 Å². The smallest absolute Gasteiger partial charge is 0.393 e. The zero-order valence-electron chi connectivity index (χ0n) is 26.6. The molecule has 3 unspecified atom stereocenters. The van der Waals surface area contributed by atoms with Crippen LogP contribution in [0.25, 0.3) is 5.69 Å². The molecule has 0 saturated heterocycles. The summed E-state index contributed by atoms with van der Waals surface area (Å²) in [5, 5.41) is 18.4. The molecular weight excluding hydrogens is 616 g/mol. The van der Waals surface area contributed by atoms with Gasteiger partial charge in [-0.15, -0.1) is 0 Å². The summed E-state index contributed by atoms with van der Waals surface area (Å²) in [4.78, 5) is 0. The van der Waals surface area contributed by atoms with E-state index in [4.69, 9.17) is 5.10 Å². The molecule has 7 rings (SSSR count). The Balaban J connectivity index is 1.21. The molecule has 1 aromatic heterocycles. The van der Waals surface area contributed by atoms with E-state index in [0.717, 1.165) is 80.4 Å². The zero-order chi connectivity index (χ0) is 33.4. The van der Waals surface area contributed by atoms with Gasteiger partial charge in [-0.05, 0) is 110 Å². The van der Waals surface area contributed by atoms with Crippen LogP contribution < -0.4 is 5.32 Å². The van der Waals surface area contributed by atoms with Gasteiger partial charge in [0, 0.05) is 29.9 Å². The Morgan fingerprint density at radius 1 is 0.894 bits per heavy atom. The number of allylic oxidation sites excluding steroid dienone is 1. The molecule has 252 valence electrons. The van der Waals surface area contributed by atoms with Crippen molar-refractivity contribution < 1.29 is 31.4 Å². The molecule has 1 heterocycles. The maximum Gasteiger partial charge on any atom is 0.416 e. The molecule has 0 spiro atoms. The summed E-state index contributed by atoms with van der Waals surface area (Å²) in [6, 6.07) is 11.2. The van der Waals surface area contributed by atoms with Gasteiger partial charge in [-0.1, -0.05) is 43.7 Å². The maximum absolute atomic E-state index is 13.6. The first-order valence-electron chi connectivity index (χ1n) is 16.7. The molecule has 2 N–H and O–H groups in total. The van der Waals surface area contributed by atoms with Crippen LogP contribution >= 0.6 is 0 Å². The van der Waals surface area contributed by atoms with E-state index in [0.29, 0.717) is 17.8 Å². The molecule has 3 fully saturated rings. The summed E-state index contributed by atoms with van der Waals surface area (Å²) >= 11 is 0. The maximum atomic E-state index is 13.6. The van der Waals surface area contributed by atoms with Crippen LogP contribution in [0.15, 0.2) is 66.4 Å². The second-order valence-electron chi connectivity index (χ2n) is 14.8. The van der Waals surface area contributed by atoms with Crippen molar-refractivity contribution in [1.82, 2.24) is 9.78 Å². The van der Waals surface area contributed by atoms with E-state index in [-0.39, 0.29) is 41.2 Å². The highest BCUT2D eigenvalue weighted by molar-refractivity contribution is 5.51. The van der Waals surface area contributed by atoms with Gasteiger partial charge in [0.1, 0.15) is 0 Å². The number of rotatable bonds is 5. The molecule has 0 radical (unpaired) electrons. The predicted molar refractivity (Wildman–Crippen MR) is 168 cm³/mol. The SMILES string of the molecule is C[C@]12CC[C@H](O)CC1=CCC1C2CC[C@@]2(C)C1CC[C@@H]2c1nn(-c2ccccc2)cc1CNc1cc(C(F)(F)F)cc(C(F)(F)F)c1. The van der Waals surface area contributed by atoms with E-state index in [2.05, 4.69) is 25.2 Å². The molecule has 2 aromatic carbocycles. The number of nitrogens with zero attached hydrogens (tertiary/aromatic N) is 2. The summed E-state index contributed by atoms with van der Waals surface area (Å²) in [7, 11) is 0. The first kappa shape index (κ1) is 32.3. The summed E-state index contributed by atoms with van der Waals surface area (Å²) in [6.07, 6.45) is 1.92. The zero-order valence-corrected chi connectivity index (χ0v) is 26.6. The fourth-order valence-electron chi connectivity index (χ4n) is 9.91. The molecule has 3 saturated carbocycles. The van der Waals surface area contributed by atoms with Crippen LogP contribution in [0.3, 0.4) is 0 Å². The summed E-state index contributed by atoms with van der Waals surface area (Å²) in [5.41, 5.74) is 1.05. The highest BCUT2D eigenvalue weighted by Crippen LogP contribution is 2.68. The average molecular weight is 658 g/mol. The minimum atomic E-state index is -4.92. The molecule has 7 atom stereocenters. The molecule has 0 bridgehead atoms. The van der Waals surface area contributed by atoms with Gasteiger partial charge in [0.05, 0.1) is 28.6 Å². The van der Waals surface area contributed by atoms with Crippen LogP contribution in [-0.4, -0.2) is 21.0 Å². The van der Waals surface area contributed by atoms with Gasteiger partial charge in [-0.3, -0.25) is 0 Å². The number of halogens is 6. The Kier molecular flexibility index (Phi) is 7.84. The Bertz CT molecular complexity index is 1630. The third kappa shape index (κ3) is 5.68. The summed E-state index contributed by atoms with van der Waals surface area (Å²) in [6.45, 7) is 4.81. The highest BCUT2D eigenvalue weighted by atomic mass is 19.4. The highest BCUT2D eigenvalue weighted by Gasteiger charge is 2.59. The van der Waals surface area contributed by atoms with Crippen molar-refractivity contribution in [3.8, 4) is 5.69 Å². The number of anilines is 1. The topological polar surface area (TPSA) is 50.1 Å². The van der Waals surface area contributed by atoms with Crippen LogP contribution in [0.1, 0.15) is 93.5 Å². The number of aromatic nitrogens is 2. The minimum absolute atomic E-state index is 0.0383. The van der Waals surface area contributed by atoms with Gasteiger partial charge in [-0.2, -0.15) is 31.4 Å². The number of benzene rings is 2. The van der Waals surface area contributed by atoms with Crippen LogP contribution in [0.2, 0.25) is 0 Å². The molecule has 10 heteroatoms. The second kappa shape index (κ2) is 11.4. The normalized spacial score (nSPS) is 32.3. The molecule has 4 nitrogen and oxygen atoms in total. The lowest BCUT2D eigenvalue weighted by atomic mass is 9.47. The largest absolute Gasteiger partial charge is 0.416 e. The molecule has 47 heavy (non-hydrogen) atoms. The van der Waals surface area contributed by atoms with Crippen LogP contribution in [-0.2, 0) is 18.9 Å². The Hall–Kier alpha value is -3.27. The number of aliphatic hydroxyl groups excluding tert-OH is 1. The second-order valence-corrected chi connectivity index (χ2v) is 14.8. The summed E-state index contributed by atoms with van der Waals surface area (Å²) in [5.74, 6) is 1.69. The van der Waals surface area contributed by atoms with E-state index in [1.54, 1.807) is 4.68 Å². The molecule has 4 aliphatic carbocycles. The molecular formula is C37H41F6N3O. The van der Waals surface area contributed by atoms with E-state index < -0.39 is 23.5 Å². The number of fused-ring (bicyclic) bond motifs is 5. The monoisotopic (exact) mass is 657 g/mol. The number of alkyl halides is 6. The van der Waals surface area contributed by atoms with Gasteiger partial charge in [0.25, 0.3) is 0 Å². The lowest BCUT2D eigenvalue weighted by molar-refractivity contribution is -0.143. The van der Waals surface area contributed by atoms with Gasteiger partial charge >= 0.3 is 12.4 Å². The third-order valence-electron chi connectivity index (χ3n) is 12.3. The van der Waals surface area contributed by atoms with Crippen LogP contribution in [0.5, 0.6) is 0 Å². The van der Waals surface area contributed by atoms with Gasteiger partial charge in [0.2, 0.25) is 0 Å². The number of nitrogens with one attached hydrogen (secondary N) is 1. The van der Waals surface area contributed by atoms with Crippen LogP contribution in [0, 0.1) is 28.6 Å². The number of aliphatic hydroxyl groups is 1. The van der Waals surface area contributed by atoms with Crippen molar-refractivity contribution in [3.05, 3.63) is 88.8 Å². The first-order valence-corrected chi connectivity index (χ1v) is 16.7. The minimum Gasteiger partial charge on any atom is -0.393 e.